The summed E-state index contributed by atoms with van der Waals surface area (Å²) in [4.78, 5) is 13.2. The van der Waals surface area contributed by atoms with Crippen molar-refractivity contribution < 1.29 is 9.53 Å². The second kappa shape index (κ2) is 5.52. The number of hydrogen-bond donors (Lipinski definition) is 0. The first-order chi connectivity index (χ1) is 8.20. The van der Waals surface area contributed by atoms with Crippen molar-refractivity contribution in [2.75, 3.05) is 24.6 Å². The zero-order valence-corrected chi connectivity index (χ0v) is 10.6. The molecule has 1 aromatic carbocycles. The molecule has 1 saturated heterocycles. The molecule has 1 aromatic rings. The van der Waals surface area contributed by atoms with Gasteiger partial charge in [-0.2, -0.15) is 0 Å². The number of carbonyl (C=O) groups excluding carboxylic acids is 1. The van der Waals surface area contributed by atoms with Crippen LogP contribution in [0.25, 0.3) is 0 Å². The van der Waals surface area contributed by atoms with Gasteiger partial charge >= 0.3 is 0 Å². The Hall–Kier alpha value is -1.06. The van der Waals surface area contributed by atoms with Gasteiger partial charge < -0.3 is 9.64 Å². The molecule has 1 atom stereocenters. The van der Waals surface area contributed by atoms with Crippen molar-refractivity contribution in [3.63, 3.8) is 0 Å². The third-order valence-electron chi connectivity index (χ3n) is 2.91. The van der Waals surface area contributed by atoms with E-state index in [-0.39, 0.29) is 6.10 Å². The van der Waals surface area contributed by atoms with Gasteiger partial charge in [-0.25, -0.2) is 0 Å². The summed E-state index contributed by atoms with van der Waals surface area (Å²) >= 11 is 6.00. The highest BCUT2D eigenvalue weighted by molar-refractivity contribution is 6.31. The van der Waals surface area contributed by atoms with E-state index in [1.54, 1.807) is 12.1 Å². The van der Waals surface area contributed by atoms with Crippen LogP contribution in [0.3, 0.4) is 0 Å². The van der Waals surface area contributed by atoms with Gasteiger partial charge in [-0.05, 0) is 31.5 Å². The Morgan fingerprint density at radius 1 is 1.53 bits per heavy atom. The summed E-state index contributed by atoms with van der Waals surface area (Å²) in [6.45, 7) is 4.50. The van der Waals surface area contributed by atoms with Gasteiger partial charge in [-0.3, -0.25) is 4.79 Å². The average Bonchev–Trinajstić information content (AvgIpc) is 2.54. The van der Waals surface area contributed by atoms with Gasteiger partial charge in [-0.1, -0.05) is 11.6 Å². The van der Waals surface area contributed by atoms with E-state index < -0.39 is 0 Å². The highest BCUT2D eigenvalue weighted by Crippen LogP contribution is 2.25. The number of rotatable bonds is 2. The van der Waals surface area contributed by atoms with E-state index in [0.29, 0.717) is 10.6 Å². The van der Waals surface area contributed by atoms with Crippen LogP contribution in [0, 0.1) is 0 Å². The quantitative estimate of drug-likeness (QED) is 0.759. The fraction of sp³-hybridized carbons (Fsp3) is 0.462. The molecule has 0 N–H and O–H groups in total. The van der Waals surface area contributed by atoms with E-state index >= 15 is 0 Å². The van der Waals surface area contributed by atoms with E-state index in [0.717, 1.165) is 38.1 Å². The first kappa shape index (κ1) is 12.4. The van der Waals surface area contributed by atoms with Crippen LogP contribution < -0.4 is 4.90 Å². The first-order valence-electron chi connectivity index (χ1n) is 5.82. The van der Waals surface area contributed by atoms with Crippen molar-refractivity contribution in [2.45, 2.75) is 19.4 Å². The zero-order valence-electron chi connectivity index (χ0n) is 9.86. The van der Waals surface area contributed by atoms with Gasteiger partial charge in [0.25, 0.3) is 0 Å². The maximum atomic E-state index is 11.0. The summed E-state index contributed by atoms with van der Waals surface area (Å²) in [5, 5.41) is 0.656. The lowest BCUT2D eigenvalue weighted by molar-refractivity contribution is 0.0820. The van der Waals surface area contributed by atoms with E-state index in [4.69, 9.17) is 16.3 Å². The molecule has 0 aromatic heterocycles. The third kappa shape index (κ3) is 2.99. The number of hydrogen-bond acceptors (Lipinski definition) is 3. The summed E-state index contributed by atoms with van der Waals surface area (Å²) in [6, 6.07) is 5.36. The van der Waals surface area contributed by atoms with Crippen LogP contribution >= 0.6 is 11.6 Å². The van der Waals surface area contributed by atoms with Crippen LogP contribution in [-0.4, -0.2) is 32.1 Å². The molecule has 1 unspecified atom stereocenters. The fourth-order valence-corrected chi connectivity index (χ4v) is 2.27. The van der Waals surface area contributed by atoms with Crippen LogP contribution in [0.4, 0.5) is 5.69 Å². The molecule has 0 radical (unpaired) electrons. The highest BCUT2D eigenvalue weighted by Gasteiger charge is 2.17. The summed E-state index contributed by atoms with van der Waals surface area (Å²) in [7, 11) is 0. The largest absolute Gasteiger partial charge is 0.377 e. The lowest BCUT2D eigenvalue weighted by Crippen LogP contribution is -2.30. The van der Waals surface area contributed by atoms with E-state index in [2.05, 4.69) is 4.90 Å². The molecule has 3 nitrogen and oxygen atoms in total. The molecule has 2 rings (SSSR count). The molecule has 17 heavy (non-hydrogen) atoms. The number of nitrogens with zero attached hydrogens (tertiary/aromatic N) is 1. The second-order valence-corrected chi connectivity index (χ2v) is 4.74. The smallest absolute Gasteiger partial charge is 0.152 e. The number of halogens is 1. The molecule has 0 saturated carbocycles. The van der Waals surface area contributed by atoms with E-state index in [9.17, 15) is 4.79 Å². The molecule has 92 valence electrons. The second-order valence-electron chi connectivity index (χ2n) is 4.30. The third-order valence-corrected chi connectivity index (χ3v) is 3.15. The fourth-order valence-electron chi connectivity index (χ4n) is 2.10. The zero-order chi connectivity index (χ0) is 12.3. The number of benzene rings is 1. The van der Waals surface area contributed by atoms with Crippen molar-refractivity contribution in [3.05, 3.63) is 28.8 Å². The molecular formula is C13H16ClNO2. The number of ether oxygens (including phenoxy) is 1. The average molecular weight is 254 g/mol. The standard InChI is InChI=1S/C13H16ClNO2/c1-10-8-15(5-2-6-17-10)13-7-12(14)4-3-11(13)9-16/h3-4,7,9-10H,2,5-6,8H2,1H3. The van der Waals surface area contributed by atoms with Gasteiger partial charge in [0.05, 0.1) is 6.10 Å². The Kier molecular flexibility index (Phi) is 4.02. The Morgan fingerprint density at radius 3 is 3.12 bits per heavy atom. The maximum absolute atomic E-state index is 11.0. The molecule has 0 bridgehead atoms. The summed E-state index contributed by atoms with van der Waals surface area (Å²) in [6.07, 6.45) is 2.02. The molecule has 4 heteroatoms. The number of aldehydes is 1. The minimum Gasteiger partial charge on any atom is -0.377 e. The maximum Gasteiger partial charge on any atom is 0.152 e. The predicted molar refractivity (Wildman–Crippen MR) is 69.1 cm³/mol. The molecule has 0 aliphatic carbocycles. The minimum atomic E-state index is 0.177. The van der Waals surface area contributed by atoms with Crippen LogP contribution in [0.1, 0.15) is 23.7 Å². The van der Waals surface area contributed by atoms with Gasteiger partial charge in [0, 0.05) is 36.0 Å². The molecule has 1 aliphatic heterocycles. The predicted octanol–water partition coefficient (Wildman–Crippen LogP) is 2.77. The molecular weight excluding hydrogens is 238 g/mol. The minimum absolute atomic E-state index is 0.177. The van der Waals surface area contributed by atoms with Crippen molar-refractivity contribution >= 4 is 23.6 Å². The number of carbonyl (C=O) groups is 1. The van der Waals surface area contributed by atoms with Crippen molar-refractivity contribution in [1.29, 1.82) is 0 Å². The normalized spacial score (nSPS) is 21.1. The Balaban J connectivity index is 2.30. The van der Waals surface area contributed by atoms with Gasteiger partial charge in [0.15, 0.2) is 6.29 Å². The monoisotopic (exact) mass is 253 g/mol. The van der Waals surface area contributed by atoms with Crippen molar-refractivity contribution in [1.82, 2.24) is 0 Å². The first-order valence-corrected chi connectivity index (χ1v) is 6.20. The highest BCUT2D eigenvalue weighted by atomic mass is 35.5. The van der Waals surface area contributed by atoms with Crippen molar-refractivity contribution in [2.24, 2.45) is 0 Å². The van der Waals surface area contributed by atoms with Crippen LogP contribution in [0.2, 0.25) is 5.02 Å². The van der Waals surface area contributed by atoms with Gasteiger partial charge in [-0.15, -0.1) is 0 Å². The van der Waals surface area contributed by atoms with E-state index in [1.807, 2.05) is 13.0 Å². The SMILES string of the molecule is CC1CN(c2cc(Cl)ccc2C=O)CCCO1. The van der Waals surface area contributed by atoms with Crippen LogP contribution in [0.15, 0.2) is 18.2 Å². The summed E-state index contributed by atoms with van der Waals surface area (Å²) in [5.74, 6) is 0. The molecule has 1 fully saturated rings. The number of anilines is 1. The topological polar surface area (TPSA) is 29.5 Å². The summed E-state index contributed by atoms with van der Waals surface area (Å²) in [5.41, 5.74) is 1.59. The van der Waals surface area contributed by atoms with Gasteiger partial charge in [0.1, 0.15) is 0 Å². The van der Waals surface area contributed by atoms with E-state index in [1.165, 1.54) is 0 Å². The lowest BCUT2D eigenvalue weighted by atomic mass is 10.1. The molecule has 1 heterocycles. The summed E-state index contributed by atoms with van der Waals surface area (Å²) < 4.78 is 5.60. The Morgan fingerprint density at radius 2 is 2.35 bits per heavy atom. The van der Waals surface area contributed by atoms with Crippen LogP contribution in [0.5, 0.6) is 0 Å². The van der Waals surface area contributed by atoms with Gasteiger partial charge in [0.2, 0.25) is 0 Å². The van der Waals surface area contributed by atoms with Crippen molar-refractivity contribution in [3.8, 4) is 0 Å². The molecule has 0 spiro atoms. The molecule has 0 amide bonds. The molecule has 1 aliphatic rings. The lowest BCUT2D eigenvalue weighted by Gasteiger charge is -2.25. The Bertz CT molecular complexity index is 408. The van der Waals surface area contributed by atoms with Crippen LogP contribution in [-0.2, 0) is 4.74 Å². The Labute approximate surface area is 106 Å².